The van der Waals surface area contributed by atoms with Crippen LogP contribution in [-0.2, 0) is 4.74 Å². The number of rotatable bonds is 8. The van der Waals surface area contributed by atoms with Gasteiger partial charge in [-0.3, -0.25) is 0 Å². The van der Waals surface area contributed by atoms with E-state index >= 15 is 0 Å². The Morgan fingerprint density at radius 2 is 1.30 bits per heavy atom. The third kappa shape index (κ3) is 4.86. The largest absolute Gasteiger partial charge is 0.497 e. The SMILES string of the molecule is CCOCCC=C(c1ccc(OC)cc1)c1ccc(OC)cc1. The molecule has 0 heterocycles. The summed E-state index contributed by atoms with van der Waals surface area (Å²) in [4.78, 5) is 0. The fourth-order valence-corrected chi connectivity index (χ4v) is 2.37. The predicted octanol–water partition coefficient (Wildman–Crippen LogP) is 4.56. The zero-order chi connectivity index (χ0) is 16.5. The molecule has 2 rings (SSSR count). The lowest BCUT2D eigenvalue weighted by Crippen LogP contribution is -1.94. The third-order valence-corrected chi connectivity index (χ3v) is 3.62. The quantitative estimate of drug-likeness (QED) is 0.669. The molecule has 0 aliphatic rings. The molecule has 0 unspecified atom stereocenters. The Morgan fingerprint density at radius 3 is 1.70 bits per heavy atom. The van der Waals surface area contributed by atoms with E-state index in [0.29, 0.717) is 0 Å². The molecular weight excluding hydrogens is 288 g/mol. The van der Waals surface area contributed by atoms with E-state index in [0.717, 1.165) is 42.3 Å². The molecule has 0 saturated carbocycles. The minimum Gasteiger partial charge on any atom is -0.497 e. The van der Waals surface area contributed by atoms with E-state index in [2.05, 4.69) is 30.3 Å². The van der Waals surface area contributed by atoms with Gasteiger partial charge in [-0.2, -0.15) is 0 Å². The van der Waals surface area contributed by atoms with Gasteiger partial charge >= 0.3 is 0 Å². The van der Waals surface area contributed by atoms with E-state index in [-0.39, 0.29) is 0 Å². The molecule has 2 aromatic carbocycles. The minimum absolute atomic E-state index is 0.728. The summed E-state index contributed by atoms with van der Waals surface area (Å²) in [6, 6.07) is 16.2. The first kappa shape index (κ1) is 17.1. The average molecular weight is 312 g/mol. The van der Waals surface area contributed by atoms with Crippen molar-refractivity contribution in [1.29, 1.82) is 0 Å². The fraction of sp³-hybridized carbons (Fsp3) is 0.300. The molecule has 0 fully saturated rings. The molecule has 0 amide bonds. The van der Waals surface area contributed by atoms with Gasteiger partial charge in [0.25, 0.3) is 0 Å². The molecule has 0 aromatic heterocycles. The molecule has 0 aliphatic carbocycles. The Balaban J connectivity index is 2.29. The van der Waals surface area contributed by atoms with Crippen molar-refractivity contribution in [2.45, 2.75) is 13.3 Å². The Labute approximate surface area is 138 Å². The number of ether oxygens (including phenoxy) is 3. The van der Waals surface area contributed by atoms with E-state index < -0.39 is 0 Å². The summed E-state index contributed by atoms with van der Waals surface area (Å²) in [6.07, 6.45) is 3.10. The van der Waals surface area contributed by atoms with Gasteiger partial charge in [0.05, 0.1) is 20.8 Å². The standard InChI is InChI=1S/C20H24O3/c1-4-23-15-5-6-20(16-7-11-18(21-2)12-8-16)17-9-13-19(22-3)14-10-17/h6-14H,4-5,15H2,1-3H3. The predicted molar refractivity (Wildman–Crippen MR) is 94.2 cm³/mol. The van der Waals surface area contributed by atoms with Gasteiger partial charge < -0.3 is 14.2 Å². The van der Waals surface area contributed by atoms with Gasteiger partial charge in [0.1, 0.15) is 11.5 Å². The summed E-state index contributed by atoms with van der Waals surface area (Å²) in [5, 5.41) is 0. The van der Waals surface area contributed by atoms with Gasteiger partial charge in [-0.15, -0.1) is 0 Å². The molecule has 0 aliphatic heterocycles. The summed E-state index contributed by atoms with van der Waals surface area (Å²) >= 11 is 0. The van der Waals surface area contributed by atoms with Crippen LogP contribution < -0.4 is 9.47 Å². The lowest BCUT2D eigenvalue weighted by Gasteiger charge is -2.11. The van der Waals surface area contributed by atoms with Crippen LogP contribution in [0, 0.1) is 0 Å². The van der Waals surface area contributed by atoms with Gasteiger partial charge in [-0.25, -0.2) is 0 Å². The molecule has 2 aromatic rings. The smallest absolute Gasteiger partial charge is 0.118 e. The van der Waals surface area contributed by atoms with E-state index in [1.165, 1.54) is 5.57 Å². The molecule has 3 heteroatoms. The van der Waals surface area contributed by atoms with E-state index in [4.69, 9.17) is 14.2 Å². The highest BCUT2D eigenvalue weighted by atomic mass is 16.5. The van der Waals surface area contributed by atoms with Crippen LogP contribution in [0.4, 0.5) is 0 Å². The second-order valence-corrected chi connectivity index (χ2v) is 5.06. The van der Waals surface area contributed by atoms with Gasteiger partial charge in [0, 0.05) is 6.61 Å². The maximum absolute atomic E-state index is 5.44. The van der Waals surface area contributed by atoms with E-state index in [1.807, 2.05) is 31.2 Å². The monoisotopic (exact) mass is 312 g/mol. The van der Waals surface area contributed by atoms with Gasteiger partial charge in [-0.1, -0.05) is 30.3 Å². The minimum atomic E-state index is 0.728. The summed E-state index contributed by atoms with van der Waals surface area (Å²) < 4.78 is 15.9. The van der Waals surface area contributed by atoms with Crippen LogP contribution in [0.15, 0.2) is 54.6 Å². The van der Waals surface area contributed by atoms with Crippen molar-refractivity contribution in [1.82, 2.24) is 0 Å². The topological polar surface area (TPSA) is 27.7 Å². The Kier molecular flexibility index (Phi) is 6.70. The molecule has 122 valence electrons. The number of hydrogen-bond donors (Lipinski definition) is 0. The lowest BCUT2D eigenvalue weighted by molar-refractivity contribution is 0.152. The first-order valence-electron chi connectivity index (χ1n) is 7.85. The highest BCUT2D eigenvalue weighted by Gasteiger charge is 2.06. The second-order valence-electron chi connectivity index (χ2n) is 5.06. The van der Waals surface area contributed by atoms with E-state index in [1.54, 1.807) is 14.2 Å². The molecule has 0 saturated heterocycles. The molecule has 0 radical (unpaired) electrons. The molecule has 23 heavy (non-hydrogen) atoms. The van der Waals surface area contributed by atoms with Crippen LogP contribution in [0.2, 0.25) is 0 Å². The lowest BCUT2D eigenvalue weighted by atomic mass is 9.96. The number of benzene rings is 2. The van der Waals surface area contributed by atoms with Crippen molar-refractivity contribution in [3.63, 3.8) is 0 Å². The molecular formula is C20H24O3. The Hall–Kier alpha value is -2.26. The maximum Gasteiger partial charge on any atom is 0.118 e. The van der Waals surface area contributed by atoms with Crippen LogP contribution in [0.5, 0.6) is 11.5 Å². The zero-order valence-corrected chi connectivity index (χ0v) is 14.0. The maximum atomic E-state index is 5.44. The van der Waals surface area contributed by atoms with Crippen LogP contribution in [0.25, 0.3) is 5.57 Å². The highest BCUT2D eigenvalue weighted by Crippen LogP contribution is 2.27. The first-order valence-corrected chi connectivity index (χ1v) is 7.85. The molecule has 0 spiro atoms. The number of methoxy groups -OCH3 is 2. The van der Waals surface area contributed by atoms with Gasteiger partial charge in [0.15, 0.2) is 0 Å². The Morgan fingerprint density at radius 1 is 0.826 bits per heavy atom. The molecule has 0 atom stereocenters. The normalized spacial score (nSPS) is 10.2. The van der Waals surface area contributed by atoms with Crippen LogP contribution in [0.1, 0.15) is 24.5 Å². The number of hydrogen-bond acceptors (Lipinski definition) is 3. The average Bonchev–Trinajstić information content (AvgIpc) is 2.62. The third-order valence-electron chi connectivity index (χ3n) is 3.62. The highest BCUT2D eigenvalue weighted by molar-refractivity contribution is 5.80. The van der Waals surface area contributed by atoms with Crippen LogP contribution in [-0.4, -0.2) is 27.4 Å². The fourth-order valence-electron chi connectivity index (χ4n) is 2.37. The van der Waals surface area contributed by atoms with Crippen molar-refractivity contribution < 1.29 is 14.2 Å². The molecule has 0 N–H and O–H groups in total. The van der Waals surface area contributed by atoms with Crippen molar-refractivity contribution in [2.24, 2.45) is 0 Å². The van der Waals surface area contributed by atoms with Crippen molar-refractivity contribution in [3.05, 3.63) is 65.7 Å². The first-order chi connectivity index (χ1) is 11.3. The van der Waals surface area contributed by atoms with Crippen molar-refractivity contribution in [2.75, 3.05) is 27.4 Å². The Bertz CT molecular complexity index is 563. The summed E-state index contributed by atoms with van der Waals surface area (Å²) in [5.74, 6) is 1.72. The van der Waals surface area contributed by atoms with Gasteiger partial charge in [-0.05, 0) is 54.3 Å². The zero-order valence-electron chi connectivity index (χ0n) is 14.0. The summed E-state index contributed by atoms with van der Waals surface area (Å²) in [6.45, 7) is 3.48. The van der Waals surface area contributed by atoms with E-state index in [9.17, 15) is 0 Å². The summed E-state index contributed by atoms with van der Waals surface area (Å²) in [5.41, 5.74) is 3.51. The second kappa shape index (κ2) is 9.01. The van der Waals surface area contributed by atoms with Crippen molar-refractivity contribution in [3.8, 4) is 11.5 Å². The van der Waals surface area contributed by atoms with Crippen molar-refractivity contribution >= 4 is 5.57 Å². The molecule has 0 bridgehead atoms. The van der Waals surface area contributed by atoms with Gasteiger partial charge in [0.2, 0.25) is 0 Å². The van der Waals surface area contributed by atoms with Crippen LogP contribution in [0.3, 0.4) is 0 Å². The van der Waals surface area contributed by atoms with Crippen LogP contribution >= 0.6 is 0 Å². The molecule has 3 nitrogen and oxygen atoms in total. The summed E-state index contributed by atoms with van der Waals surface area (Å²) in [7, 11) is 3.36.